The van der Waals surface area contributed by atoms with E-state index in [4.69, 9.17) is 33.0 Å². The first kappa shape index (κ1) is 29.1. The zero-order valence-electron chi connectivity index (χ0n) is 21.2. The summed E-state index contributed by atoms with van der Waals surface area (Å²) in [6, 6.07) is 9.68. The summed E-state index contributed by atoms with van der Waals surface area (Å²) in [5.74, 6) is -1.56. The maximum atomic E-state index is 12.8. The molecule has 4 rings (SSSR count). The number of carboxylic acid groups (broad SMARTS) is 1. The third kappa shape index (κ3) is 6.44. The number of nitrogens with one attached hydrogen (secondary N) is 1. The quantitative estimate of drug-likeness (QED) is 0.240. The Kier molecular flexibility index (Phi) is 9.08. The molecule has 4 aromatic rings. The molecule has 0 radical (unpaired) electrons. The lowest BCUT2D eigenvalue weighted by Crippen LogP contribution is -2.37. The van der Waals surface area contributed by atoms with Gasteiger partial charge in [-0.15, -0.1) is 0 Å². The highest BCUT2D eigenvalue weighted by Crippen LogP contribution is 2.35. The fourth-order valence-corrected chi connectivity index (χ4v) is 4.62. The summed E-state index contributed by atoms with van der Waals surface area (Å²) >= 11 is 16.6. The van der Waals surface area contributed by atoms with Crippen molar-refractivity contribution in [1.82, 2.24) is 19.7 Å². The van der Waals surface area contributed by atoms with E-state index in [2.05, 4.69) is 31.2 Å². The van der Waals surface area contributed by atoms with Crippen LogP contribution in [0.4, 0.5) is 5.69 Å². The number of aryl methyl sites for hydroxylation is 1. The van der Waals surface area contributed by atoms with E-state index in [9.17, 15) is 14.4 Å². The molecular formula is C27H22BrCl2N5O5. The lowest BCUT2D eigenvalue weighted by molar-refractivity contribution is -0.122. The molecule has 0 aliphatic carbocycles. The van der Waals surface area contributed by atoms with Crippen molar-refractivity contribution in [1.29, 1.82) is 0 Å². The monoisotopic (exact) mass is 645 g/mol. The van der Waals surface area contributed by atoms with Crippen LogP contribution in [0.25, 0.3) is 11.7 Å². The number of carbonyl (C=O) groups is 3. The number of anilines is 1. The second-order valence-electron chi connectivity index (χ2n) is 8.49. The molecule has 2 amide bonds. The Morgan fingerprint density at radius 1 is 1.20 bits per heavy atom. The van der Waals surface area contributed by atoms with Gasteiger partial charge in [-0.25, -0.2) is 14.8 Å². The average molecular weight is 647 g/mol. The molecule has 206 valence electrons. The van der Waals surface area contributed by atoms with Crippen molar-refractivity contribution >= 4 is 74.3 Å². The number of hydrogen-bond acceptors (Lipinski definition) is 6. The van der Waals surface area contributed by atoms with Crippen molar-refractivity contribution < 1.29 is 24.2 Å². The molecule has 13 heteroatoms. The summed E-state index contributed by atoms with van der Waals surface area (Å²) in [4.78, 5) is 45.5. The zero-order chi connectivity index (χ0) is 29.0. The second-order valence-corrected chi connectivity index (χ2v) is 10.0. The highest BCUT2D eigenvalue weighted by molar-refractivity contribution is 9.10. The number of amides is 2. The molecule has 0 bridgehead atoms. The Balaban J connectivity index is 1.40. The van der Waals surface area contributed by atoms with Crippen LogP contribution in [0.15, 0.2) is 59.5 Å². The molecule has 3 aromatic heterocycles. The number of imidazole rings is 1. The van der Waals surface area contributed by atoms with Crippen LogP contribution in [0, 0.1) is 6.92 Å². The van der Waals surface area contributed by atoms with Gasteiger partial charge in [0.2, 0.25) is 11.8 Å². The van der Waals surface area contributed by atoms with E-state index >= 15 is 0 Å². The summed E-state index contributed by atoms with van der Waals surface area (Å²) < 4.78 is 8.69. The van der Waals surface area contributed by atoms with E-state index in [0.717, 1.165) is 10.3 Å². The molecule has 0 unspecified atom stereocenters. The Hall–Kier alpha value is -3.93. The lowest BCUT2D eigenvalue weighted by atomic mass is 10.2. The number of aromatic carboxylic acids is 1. The molecule has 0 aliphatic heterocycles. The molecular weight excluding hydrogens is 625 g/mol. The van der Waals surface area contributed by atoms with E-state index in [1.165, 1.54) is 42.4 Å². The molecule has 40 heavy (non-hydrogen) atoms. The van der Waals surface area contributed by atoms with Crippen molar-refractivity contribution in [2.45, 2.75) is 13.5 Å². The fourth-order valence-electron chi connectivity index (χ4n) is 3.64. The normalized spacial score (nSPS) is 11.1. The highest BCUT2D eigenvalue weighted by Gasteiger charge is 2.20. The van der Waals surface area contributed by atoms with Gasteiger partial charge in [0.15, 0.2) is 11.4 Å². The predicted molar refractivity (Wildman–Crippen MR) is 155 cm³/mol. The standard InChI is InChI=1S/C27H22BrCl2N5O5/c1-15-25(28)35-11-3-4-21(26(35)33-15)40-14-17-18(29)7-9-20(24(17)30)34(2)23(37)13-32-22(36)10-6-16-5-8-19(27(38)39)31-12-16/h3-12H,13-14H2,1-2H3,(H,32,36)(H,38,39). The number of halogens is 3. The van der Waals surface area contributed by atoms with Gasteiger partial charge in [-0.3, -0.25) is 14.0 Å². The van der Waals surface area contributed by atoms with Gasteiger partial charge >= 0.3 is 5.97 Å². The fraction of sp³-hybridized carbons (Fsp3) is 0.148. The summed E-state index contributed by atoms with van der Waals surface area (Å²) in [5.41, 5.74) is 2.73. The SMILES string of the molecule is Cc1nc2c(OCc3c(Cl)ccc(N(C)C(=O)CNC(=O)C=Cc4ccc(C(=O)O)nc4)c3Cl)cccn2c1Br. The average Bonchev–Trinajstić information content (AvgIpc) is 3.24. The van der Waals surface area contributed by atoms with Crippen LogP contribution in [0.2, 0.25) is 10.0 Å². The molecule has 0 saturated carbocycles. The summed E-state index contributed by atoms with van der Waals surface area (Å²) in [6.07, 6.45) is 5.85. The topological polar surface area (TPSA) is 126 Å². The minimum absolute atomic E-state index is 0.0283. The lowest BCUT2D eigenvalue weighted by Gasteiger charge is -2.21. The van der Waals surface area contributed by atoms with Gasteiger partial charge in [-0.05, 0) is 64.8 Å². The maximum absolute atomic E-state index is 12.8. The van der Waals surface area contributed by atoms with Crippen LogP contribution in [0.1, 0.15) is 27.3 Å². The van der Waals surface area contributed by atoms with E-state index in [1.54, 1.807) is 18.2 Å². The van der Waals surface area contributed by atoms with Crippen LogP contribution in [0.3, 0.4) is 0 Å². The van der Waals surface area contributed by atoms with Gasteiger partial charge < -0.3 is 20.1 Å². The zero-order valence-corrected chi connectivity index (χ0v) is 24.3. The minimum Gasteiger partial charge on any atom is -0.485 e. The van der Waals surface area contributed by atoms with Gasteiger partial charge in [0.1, 0.15) is 16.9 Å². The van der Waals surface area contributed by atoms with Crippen LogP contribution in [-0.4, -0.2) is 50.9 Å². The number of likely N-dealkylation sites (N-methyl/N-ethyl adjacent to an activating group) is 1. The van der Waals surface area contributed by atoms with Gasteiger partial charge in [0, 0.05) is 36.1 Å². The first-order valence-electron chi connectivity index (χ1n) is 11.7. The molecule has 0 aliphatic rings. The van der Waals surface area contributed by atoms with Crippen LogP contribution >= 0.6 is 39.1 Å². The number of benzene rings is 1. The first-order valence-corrected chi connectivity index (χ1v) is 13.3. The number of aromatic nitrogens is 3. The van der Waals surface area contributed by atoms with E-state index in [1.807, 2.05) is 23.6 Å². The number of fused-ring (bicyclic) bond motifs is 1. The summed E-state index contributed by atoms with van der Waals surface area (Å²) in [5, 5.41) is 12.0. The molecule has 3 heterocycles. The van der Waals surface area contributed by atoms with E-state index in [0.29, 0.717) is 33.2 Å². The van der Waals surface area contributed by atoms with E-state index < -0.39 is 17.8 Å². The van der Waals surface area contributed by atoms with Gasteiger partial charge in [0.05, 0.1) is 22.9 Å². The molecule has 0 spiro atoms. The molecule has 0 fully saturated rings. The maximum Gasteiger partial charge on any atom is 0.354 e. The number of hydrogen-bond donors (Lipinski definition) is 2. The number of nitrogens with zero attached hydrogens (tertiary/aromatic N) is 4. The molecule has 0 atom stereocenters. The number of ether oxygens (including phenoxy) is 1. The number of carboxylic acids is 1. The van der Waals surface area contributed by atoms with Crippen molar-refractivity contribution in [2.24, 2.45) is 0 Å². The Bertz CT molecular complexity index is 1640. The number of pyridine rings is 2. The molecule has 1 aromatic carbocycles. The Morgan fingerprint density at radius 2 is 1.98 bits per heavy atom. The smallest absolute Gasteiger partial charge is 0.354 e. The van der Waals surface area contributed by atoms with Gasteiger partial charge in [-0.1, -0.05) is 29.3 Å². The van der Waals surface area contributed by atoms with E-state index in [-0.39, 0.29) is 23.9 Å². The van der Waals surface area contributed by atoms with Crippen LogP contribution in [0.5, 0.6) is 5.75 Å². The van der Waals surface area contributed by atoms with Crippen molar-refractivity contribution in [3.8, 4) is 5.75 Å². The minimum atomic E-state index is -1.15. The Labute approximate surface area is 247 Å². The van der Waals surface area contributed by atoms with Crippen molar-refractivity contribution in [2.75, 3.05) is 18.5 Å². The third-order valence-corrected chi connectivity index (χ3v) is 7.57. The predicted octanol–water partition coefficient (Wildman–Crippen LogP) is 5.18. The summed E-state index contributed by atoms with van der Waals surface area (Å²) in [7, 11) is 1.53. The van der Waals surface area contributed by atoms with Gasteiger partial charge in [0.25, 0.3) is 0 Å². The molecule has 0 saturated heterocycles. The molecule has 2 N–H and O–H groups in total. The van der Waals surface area contributed by atoms with Crippen LogP contribution < -0.4 is 15.0 Å². The first-order chi connectivity index (χ1) is 19.1. The third-order valence-electron chi connectivity index (χ3n) is 5.83. The Morgan fingerprint density at radius 3 is 2.67 bits per heavy atom. The van der Waals surface area contributed by atoms with Crippen molar-refractivity contribution in [3.63, 3.8) is 0 Å². The number of rotatable bonds is 9. The highest BCUT2D eigenvalue weighted by atomic mass is 79.9. The van der Waals surface area contributed by atoms with Crippen molar-refractivity contribution in [3.05, 3.63) is 92.0 Å². The summed E-state index contributed by atoms with van der Waals surface area (Å²) in [6.45, 7) is 1.61. The molecule has 10 nitrogen and oxygen atoms in total. The second kappa shape index (κ2) is 12.5. The largest absolute Gasteiger partial charge is 0.485 e. The number of carbonyl (C=O) groups excluding carboxylic acids is 2. The van der Waals surface area contributed by atoms with Gasteiger partial charge in [-0.2, -0.15) is 0 Å². The van der Waals surface area contributed by atoms with Crippen LogP contribution in [-0.2, 0) is 16.2 Å².